The zero-order valence-corrected chi connectivity index (χ0v) is 18.8. The summed E-state index contributed by atoms with van der Waals surface area (Å²) in [5.74, 6) is 0.925. The van der Waals surface area contributed by atoms with Gasteiger partial charge in [0.05, 0.1) is 11.0 Å². The summed E-state index contributed by atoms with van der Waals surface area (Å²) in [4.78, 5) is 19.8. The van der Waals surface area contributed by atoms with Crippen molar-refractivity contribution in [2.75, 3.05) is 25.0 Å². The van der Waals surface area contributed by atoms with E-state index in [-0.39, 0.29) is 24.1 Å². The quantitative estimate of drug-likeness (QED) is 0.370. The van der Waals surface area contributed by atoms with Crippen LogP contribution in [0.5, 0.6) is 5.75 Å². The van der Waals surface area contributed by atoms with Gasteiger partial charge >= 0.3 is 0 Å². The molecule has 0 aliphatic carbocycles. The maximum absolute atomic E-state index is 13.0. The van der Waals surface area contributed by atoms with Crippen molar-refractivity contribution >= 4 is 22.9 Å². The van der Waals surface area contributed by atoms with Crippen molar-refractivity contribution in [3.05, 3.63) is 78.0 Å². The molecule has 1 amide bonds. The highest BCUT2D eigenvalue weighted by molar-refractivity contribution is 6.02. The summed E-state index contributed by atoms with van der Waals surface area (Å²) in [5.41, 5.74) is 1.79. The summed E-state index contributed by atoms with van der Waals surface area (Å²) in [5, 5.41) is 2.89. The Hall–Kier alpha value is -3.65. The number of fused-ring (bicyclic) bond motifs is 1. The fourth-order valence-electron chi connectivity index (χ4n) is 3.60. The van der Waals surface area contributed by atoms with E-state index in [1.165, 1.54) is 24.3 Å². The smallest absolute Gasteiger partial charge is 0.293 e. The molecular weight excluding hydrogens is 423 g/mol. The molecule has 1 N–H and O–H groups in total. The fraction of sp³-hybridized carbons (Fsp3) is 0.280. The molecule has 2 heterocycles. The van der Waals surface area contributed by atoms with Gasteiger partial charge in [0.25, 0.3) is 5.91 Å². The maximum atomic E-state index is 13.0. The predicted octanol–water partition coefficient (Wildman–Crippen LogP) is 4.94. The molecule has 0 bridgehead atoms. The van der Waals surface area contributed by atoms with E-state index >= 15 is 0 Å². The molecule has 8 heteroatoms. The van der Waals surface area contributed by atoms with Gasteiger partial charge in [-0.1, -0.05) is 26.0 Å². The van der Waals surface area contributed by atoms with Crippen LogP contribution in [0.15, 0.2) is 65.1 Å². The van der Waals surface area contributed by atoms with Gasteiger partial charge in [-0.25, -0.2) is 9.37 Å². The SMILES string of the molecule is CCN(CC)CCn1c(NC(=O)c2ccc(COc3ccc(F)cc3)o2)nc2ccccc21. The number of ether oxygens (including phenoxy) is 1. The molecule has 33 heavy (non-hydrogen) atoms. The van der Waals surface area contributed by atoms with E-state index < -0.39 is 0 Å². The molecule has 2 aromatic carbocycles. The van der Waals surface area contributed by atoms with E-state index in [9.17, 15) is 9.18 Å². The van der Waals surface area contributed by atoms with Crippen molar-refractivity contribution in [2.24, 2.45) is 0 Å². The maximum Gasteiger partial charge on any atom is 0.293 e. The van der Waals surface area contributed by atoms with Crippen LogP contribution in [-0.2, 0) is 13.2 Å². The Morgan fingerprint density at radius 3 is 2.61 bits per heavy atom. The minimum Gasteiger partial charge on any atom is -0.486 e. The number of imidazole rings is 1. The summed E-state index contributed by atoms with van der Waals surface area (Å²) in [7, 11) is 0. The van der Waals surface area contributed by atoms with Crippen molar-refractivity contribution in [2.45, 2.75) is 27.0 Å². The second-order valence-electron chi connectivity index (χ2n) is 7.57. The Morgan fingerprint density at radius 1 is 1.09 bits per heavy atom. The third kappa shape index (κ3) is 5.40. The molecule has 0 unspecified atom stereocenters. The third-order valence-corrected chi connectivity index (χ3v) is 5.49. The number of amides is 1. The number of aromatic nitrogens is 2. The van der Waals surface area contributed by atoms with Crippen molar-refractivity contribution in [1.82, 2.24) is 14.5 Å². The number of para-hydroxylation sites is 2. The van der Waals surface area contributed by atoms with E-state index in [1.807, 2.05) is 28.8 Å². The second-order valence-corrected chi connectivity index (χ2v) is 7.57. The standard InChI is InChI=1S/C25H27FN4O3/c1-3-29(4-2)15-16-30-22-8-6-5-7-21(22)27-25(30)28-24(31)23-14-13-20(33-23)17-32-19-11-9-18(26)10-12-19/h5-14H,3-4,15-17H2,1-2H3,(H,27,28,31). The Kier molecular flexibility index (Phi) is 7.04. The lowest BCUT2D eigenvalue weighted by Gasteiger charge is -2.19. The lowest BCUT2D eigenvalue weighted by molar-refractivity contribution is 0.0991. The van der Waals surface area contributed by atoms with Crippen molar-refractivity contribution in [1.29, 1.82) is 0 Å². The Labute approximate surface area is 191 Å². The van der Waals surface area contributed by atoms with E-state index in [2.05, 4.69) is 29.0 Å². The van der Waals surface area contributed by atoms with E-state index in [1.54, 1.807) is 12.1 Å². The first-order chi connectivity index (χ1) is 16.1. The summed E-state index contributed by atoms with van der Waals surface area (Å²) in [6.45, 7) is 7.86. The average molecular weight is 451 g/mol. The second kappa shape index (κ2) is 10.3. The number of rotatable bonds is 10. The number of likely N-dealkylation sites (N-methyl/N-ethyl adjacent to an activating group) is 1. The summed E-state index contributed by atoms with van der Waals surface area (Å²) in [6, 6.07) is 16.8. The van der Waals surface area contributed by atoms with Crippen LogP contribution in [0, 0.1) is 5.82 Å². The molecule has 0 saturated carbocycles. The molecule has 0 saturated heterocycles. The van der Waals surface area contributed by atoms with E-state index in [4.69, 9.17) is 9.15 Å². The van der Waals surface area contributed by atoms with Crippen LogP contribution in [0.2, 0.25) is 0 Å². The predicted molar refractivity (Wildman–Crippen MR) is 125 cm³/mol. The van der Waals surface area contributed by atoms with Crippen LogP contribution in [0.3, 0.4) is 0 Å². The highest BCUT2D eigenvalue weighted by atomic mass is 19.1. The number of halogens is 1. The molecule has 0 spiro atoms. The summed E-state index contributed by atoms with van der Waals surface area (Å²) in [6.07, 6.45) is 0. The zero-order valence-electron chi connectivity index (χ0n) is 18.8. The van der Waals surface area contributed by atoms with Crippen LogP contribution in [0.4, 0.5) is 10.3 Å². The number of anilines is 1. The average Bonchev–Trinajstić information content (AvgIpc) is 3.44. The van der Waals surface area contributed by atoms with Crippen molar-refractivity contribution in [3.63, 3.8) is 0 Å². The van der Waals surface area contributed by atoms with Crippen molar-refractivity contribution < 1.29 is 18.3 Å². The number of benzene rings is 2. The molecular formula is C25H27FN4O3. The molecule has 0 radical (unpaired) electrons. The first kappa shape index (κ1) is 22.5. The molecule has 0 atom stereocenters. The molecule has 4 rings (SSSR count). The number of furan rings is 1. The molecule has 172 valence electrons. The number of carbonyl (C=O) groups excluding carboxylic acids is 1. The van der Waals surface area contributed by atoms with Gasteiger partial charge in [-0.15, -0.1) is 0 Å². The fourth-order valence-corrected chi connectivity index (χ4v) is 3.60. The highest BCUT2D eigenvalue weighted by Gasteiger charge is 2.17. The van der Waals surface area contributed by atoms with Crippen LogP contribution in [0.1, 0.15) is 30.2 Å². The van der Waals surface area contributed by atoms with Gasteiger partial charge < -0.3 is 18.6 Å². The Balaban J connectivity index is 1.46. The van der Waals surface area contributed by atoms with Gasteiger partial charge in [0.1, 0.15) is 23.9 Å². The summed E-state index contributed by atoms with van der Waals surface area (Å²) < 4.78 is 26.3. The third-order valence-electron chi connectivity index (χ3n) is 5.49. The van der Waals surface area contributed by atoms with Crippen LogP contribution < -0.4 is 10.1 Å². The van der Waals surface area contributed by atoms with Crippen LogP contribution in [-0.4, -0.2) is 40.0 Å². The Bertz CT molecular complexity index is 1210. The van der Waals surface area contributed by atoms with Crippen LogP contribution in [0.25, 0.3) is 11.0 Å². The molecule has 7 nitrogen and oxygen atoms in total. The van der Waals surface area contributed by atoms with Crippen LogP contribution >= 0.6 is 0 Å². The largest absolute Gasteiger partial charge is 0.486 e. The van der Waals surface area contributed by atoms with Crippen molar-refractivity contribution in [3.8, 4) is 5.75 Å². The molecule has 0 fully saturated rings. The monoisotopic (exact) mass is 450 g/mol. The van der Waals surface area contributed by atoms with Gasteiger partial charge in [-0.05, 0) is 61.6 Å². The van der Waals surface area contributed by atoms with E-state index in [0.717, 1.165) is 30.7 Å². The first-order valence-corrected chi connectivity index (χ1v) is 11.0. The molecule has 4 aromatic rings. The van der Waals surface area contributed by atoms with Gasteiger partial charge in [-0.2, -0.15) is 0 Å². The number of hydrogen-bond acceptors (Lipinski definition) is 5. The highest BCUT2D eigenvalue weighted by Crippen LogP contribution is 2.21. The number of nitrogens with one attached hydrogen (secondary N) is 1. The van der Waals surface area contributed by atoms with Gasteiger partial charge in [0.15, 0.2) is 5.76 Å². The number of carbonyl (C=O) groups is 1. The van der Waals surface area contributed by atoms with E-state index in [0.29, 0.717) is 24.0 Å². The normalized spacial score (nSPS) is 11.3. The van der Waals surface area contributed by atoms with Gasteiger partial charge in [0, 0.05) is 13.1 Å². The Morgan fingerprint density at radius 2 is 1.85 bits per heavy atom. The van der Waals surface area contributed by atoms with Gasteiger partial charge in [-0.3, -0.25) is 10.1 Å². The minimum absolute atomic E-state index is 0.126. The topological polar surface area (TPSA) is 72.5 Å². The number of nitrogens with zero attached hydrogens (tertiary/aromatic N) is 3. The lowest BCUT2D eigenvalue weighted by atomic mass is 10.3. The lowest BCUT2D eigenvalue weighted by Crippen LogP contribution is -2.27. The molecule has 2 aromatic heterocycles. The first-order valence-electron chi connectivity index (χ1n) is 11.0. The minimum atomic E-state index is -0.387. The summed E-state index contributed by atoms with van der Waals surface area (Å²) >= 11 is 0. The van der Waals surface area contributed by atoms with Gasteiger partial charge in [0.2, 0.25) is 5.95 Å². The zero-order chi connectivity index (χ0) is 23.2. The number of hydrogen-bond donors (Lipinski definition) is 1. The molecule has 0 aliphatic heterocycles. The molecule has 0 aliphatic rings.